The molecular formula is C13H17N5O5. The summed E-state index contributed by atoms with van der Waals surface area (Å²) in [7, 11) is 0. The molecule has 0 bridgehead atoms. The van der Waals surface area contributed by atoms with E-state index in [0.717, 1.165) is 4.57 Å². The summed E-state index contributed by atoms with van der Waals surface area (Å²) in [5.74, 6) is 0.0680. The van der Waals surface area contributed by atoms with E-state index >= 15 is 0 Å². The quantitative estimate of drug-likeness (QED) is 0.534. The fourth-order valence-corrected chi connectivity index (χ4v) is 3.10. The van der Waals surface area contributed by atoms with Crippen LogP contribution in [0, 0.1) is 0 Å². The van der Waals surface area contributed by atoms with E-state index in [0.29, 0.717) is 18.5 Å². The van der Waals surface area contributed by atoms with Crippen molar-refractivity contribution in [3.05, 3.63) is 16.7 Å². The van der Waals surface area contributed by atoms with Gasteiger partial charge in [-0.05, 0) is 19.8 Å². The number of rotatable bonds is 2. The van der Waals surface area contributed by atoms with Gasteiger partial charge in [-0.15, -0.1) is 0 Å². The zero-order chi connectivity index (χ0) is 16.4. The van der Waals surface area contributed by atoms with Gasteiger partial charge in [-0.3, -0.25) is 9.36 Å². The van der Waals surface area contributed by atoms with Gasteiger partial charge in [0.2, 0.25) is 5.95 Å². The second-order valence-electron chi connectivity index (χ2n) is 6.01. The second kappa shape index (κ2) is 4.74. The standard InChI is InChI=1S/C13H17N5O5/c1-13(22)11(21)16-12-15-9-8(10(20)18(12)13)14-5-17(9)7-3-2-6(4-19)23-7/h5-7,11,19,21-22H,2-4H2,1H3,(H,15,16)/t6-,7+,11?,13?/m0/s1. The number of anilines is 1. The number of hydrogen-bond acceptors (Lipinski definition) is 8. The van der Waals surface area contributed by atoms with E-state index in [1.807, 2.05) is 0 Å². The van der Waals surface area contributed by atoms with E-state index in [-0.39, 0.29) is 30.4 Å². The molecular weight excluding hydrogens is 306 g/mol. The van der Waals surface area contributed by atoms with Crippen molar-refractivity contribution >= 4 is 17.1 Å². The van der Waals surface area contributed by atoms with Crippen LogP contribution in [0.2, 0.25) is 0 Å². The number of aliphatic hydroxyl groups excluding tert-OH is 2. The van der Waals surface area contributed by atoms with Crippen molar-refractivity contribution in [1.82, 2.24) is 19.1 Å². The van der Waals surface area contributed by atoms with Gasteiger partial charge in [0.15, 0.2) is 23.1 Å². The Morgan fingerprint density at radius 2 is 2.30 bits per heavy atom. The zero-order valence-corrected chi connectivity index (χ0v) is 12.4. The number of ether oxygens (including phenoxy) is 1. The SMILES string of the molecule is CC1(O)C(O)Nc2nc3c(ncn3[C@H]3CC[C@@H](CO)O3)c(=O)n21. The molecule has 0 amide bonds. The number of hydrogen-bond donors (Lipinski definition) is 4. The molecule has 4 rings (SSSR count). The second-order valence-corrected chi connectivity index (χ2v) is 6.01. The van der Waals surface area contributed by atoms with Crippen molar-refractivity contribution in [2.45, 2.75) is 44.1 Å². The molecule has 1 saturated heterocycles. The molecule has 2 aliphatic rings. The van der Waals surface area contributed by atoms with Gasteiger partial charge in [0.25, 0.3) is 5.56 Å². The summed E-state index contributed by atoms with van der Waals surface area (Å²) < 4.78 is 8.31. The van der Waals surface area contributed by atoms with Crippen LogP contribution in [0.4, 0.5) is 5.95 Å². The van der Waals surface area contributed by atoms with Gasteiger partial charge in [0.05, 0.1) is 19.0 Å². The first kappa shape index (κ1) is 14.6. The minimum Gasteiger partial charge on any atom is -0.394 e. The molecule has 0 aromatic carbocycles. The van der Waals surface area contributed by atoms with Crippen molar-refractivity contribution in [1.29, 1.82) is 0 Å². The van der Waals surface area contributed by atoms with Crippen LogP contribution in [0.5, 0.6) is 0 Å². The molecule has 2 unspecified atom stereocenters. The Morgan fingerprint density at radius 3 is 3.00 bits per heavy atom. The molecule has 2 aromatic heterocycles. The average Bonchev–Trinajstić information content (AvgIpc) is 3.16. The molecule has 23 heavy (non-hydrogen) atoms. The predicted molar refractivity (Wildman–Crippen MR) is 77.5 cm³/mol. The monoisotopic (exact) mass is 323 g/mol. The minimum atomic E-state index is -1.80. The largest absolute Gasteiger partial charge is 0.394 e. The van der Waals surface area contributed by atoms with Crippen LogP contribution >= 0.6 is 0 Å². The van der Waals surface area contributed by atoms with Crippen LogP contribution in [0.1, 0.15) is 26.0 Å². The van der Waals surface area contributed by atoms with E-state index < -0.39 is 17.5 Å². The van der Waals surface area contributed by atoms with Gasteiger partial charge in [-0.2, -0.15) is 4.98 Å². The van der Waals surface area contributed by atoms with Crippen molar-refractivity contribution in [3.8, 4) is 0 Å². The van der Waals surface area contributed by atoms with Gasteiger partial charge >= 0.3 is 0 Å². The topological polar surface area (TPSA) is 135 Å². The highest BCUT2D eigenvalue weighted by Crippen LogP contribution is 2.32. The van der Waals surface area contributed by atoms with E-state index in [9.17, 15) is 15.0 Å². The third-order valence-corrected chi connectivity index (χ3v) is 4.43. The zero-order valence-electron chi connectivity index (χ0n) is 12.4. The summed E-state index contributed by atoms with van der Waals surface area (Å²) in [5, 5.41) is 31.9. The summed E-state index contributed by atoms with van der Waals surface area (Å²) in [6.45, 7) is 1.25. The number of aromatic nitrogens is 4. The molecule has 0 saturated carbocycles. The van der Waals surface area contributed by atoms with E-state index in [4.69, 9.17) is 9.84 Å². The van der Waals surface area contributed by atoms with Crippen LogP contribution in [0.15, 0.2) is 11.1 Å². The molecule has 4 N–H and O–H groups in total. The maximum Gasteiger partial charge on any atom is 0.285 e. The average molecular weight is 323 g/mol. The lowest BCUT2D eigenvalue weighted by atomic mass is 10.2. The van der Waals surface area contributed by atoms with Crippen LogP contribution < -0.4 is 10.9 Å². The molecule has 4 heterocycles. The first-order chi connectivity index (χ1) is 10.9. The molecule has 1 fully saturated rings. The lowest BCUT2D eigenvalue weighted by molar-refractivity contribution is -0.0946. The smallest absolute Gasteiger partial charge is 0.285 e. The van der Waals surface area contributed by atoms with E-state index in [2.05, 4.69) is 15.3 Å². The molecule has 0 radical (unpaired) electrons. The molecule has 124 valence electrons. The van der Waals surface area contributed by atoms with E-state index in [1.54, 1.807) is 4.57 Å². The fraction of sp³-hybridized carbons (Fsp3) is 0.615. The molecule has 0 aliphatic carbocycles. The Morgan fingerprint density at radius 1 is 1.52 bits per heavy atom. The van der Waals surface area contributed by atoms with Crippen LogP contribution in [0.25, 0.3) is 11.2 Å². The summed E-state index contributed by atoms with van der Waals surface area (Å²) in [4.78, 5) is 21.0. The lowest BCUT2D eigenvalue weighted by Gasteiger charge is -2.21. The maximum absolute atomic E-state index is 12.6. The summed E-state index contributed by atoms with van der Waals surface area (Å²) in [5.41, 5.74) is -1.96. The Balaban J connectivity index is 1.85. The van der Waals surface area contributed by atoms with Gasteiger partial charge < -0.3 is 25.4 Å². The number of nitrogens with one attached hydrogen (secondary N) is 1. The molecule has 10 nitrogen and oxygen atoms in total. The van der Waals surface area contributed by atoms with Gasteiger partial charge in [-0.1, -0.05) is 0 Å². The van der Waals surface area contributed by atoms with E-state index in [1.165, 1.54) is 13.3 Å². The summed E-state index contributed by atoms with van der Waals surface area (Å²) in [6.07, 6.45) is 0.891. The molecule has 0 spiro atoms. The van der Waals surface area contributed by atoms with Crippen LogP contribution in [-0.2, 0) is 10.5 Å². The van der Waals surface area contributed by atoms with Crippen molar-refractivity contribution in [2.75, 3.05) is 11.9 Å². The molecule has 2 aliphatic heterocycles. The molecule has 2 aromatic rings. The lowest BCUT2D eigenvalue weighted by Crippen LogP contribution is -2.43. The minimum absolute atomic E-state index is 0.0643. The number of nitrogens with zero attached hydrogens (tertiary/aromatic N) is 4. The Hall–Kier alpha value is -2.01. The van der Waals surface area contributed by atoms with Crippen molar-refractivity contribution < 1.29 is 20.1 Å². The van der Waals surface area contributed by atoms with Gasteiger partial charge in [-0.25, -0.2) is 9.55 Å². The third-order valence-electron chi connectivity index (χ3n) is 4.43. The van der Waals surface area contributed by atoms with Crippen LogP contribution in [0.3, 0.4) is 0 Å². The predicted octanol–water partition coefficient (Wildman–Crippen LogP) is -1.33. The number of fused-ring (bicyclic) bond motifs is 2. The van der Waals surface area contributed by atoms with Crippen molar-refractivity contribution in [3.63, 3.8) is 0 Å². The molecule has 10 heteroatoms. The highest BCUT2D eigenvalue weighted by Gasteiger charge is 2.43. The normalized spacial score (nSPS) is 33.1. The highest BCUT2D eigenvalue weighted by atomic mass is 16.5. The van der Waals surface area contributed by atoms with Crippen molar-refractivity contribution in [2.24, 2.45) is 0 Å². The number of aliphatic hydroxyl groups is 3. The maximum atomic E-state index is 12.6. The summed E-state index contributed by atoms with van der Waals surface area (Å²) in [6, 6.07) is 0. The Kier molecular flexibility index (Phi) is 3.00. The first-order valence-electron chi connectivity index (χ1n) is 7.37. The van der Waals surface area contributed by atoms with Gasteiger partial charge in [0, 0.05) is 0 Å². The highest BCUT2D eigenvalue weighted by molar-refractivity contribution is 5.72. The van der Waals surface area contributed by atoms with Gasteiger partial charge in [0.1, 0.15) is 6.23 Å². The van der Waals surface area contributed by atoms with Crippen LogP contribution in [-0.4, -0.2) is 53.4 Å². The third kappa shape index (κ3) is 1.92. The molecule has 4 atom stereocenters. The Bertz CT molecular complexity index is 828. The first-order valence-corrected chi connectivity index (χ1v) is 7.37. The summed E-state index contributed by atoms with van der Waals surface area (Å²) >= 11 is 0. The Labute approximate surface area is 130 Å². The fourth-order valence-electron chi connectivity index (χ4n) is 3.10. The number of imidazole rings is 1.